The second kappa shape index (κ2) is 5.03. The van der Waals surface area contributed by atoms with Crippen molar-refractivity contribution < 1.29 is 4.39 Å². The van der Waals surface area contributed by atoms with Gasteiger partial charge in [-0.1, -0.05) is 17.7 Å². The molecule has 1 atom stereocenters. The maximum absolute atomic E-state index is 13.0. The zero-order valence-corrected chi connectivity index (χ0v) is 9.31. The van der Waals surface area contributed by atoms with E-state index in [9.17, 15) is 4.39 Å². The third-order valence-corrected chi connectivity index (χ3v) is 2.30. The fourth-order valence-electron chi connectivity index (χ4n) is 1.26. The summed E-state index contributed by atoms with van der Waals surface area (Å²) in [5, 5.41) is 3.20. The minimum Gasteiger partial charge on any atom is -0.397 e. The lowest BCUT2D eigenvalue weighted by Crippen LogP contribution is -2.15. The van der Waals surface area contributed by atoms with E-state index in [0.717, 1.165) is 6.42 Å². The molecule has 1 rings (SSSR count). The summed E-state index contributed by atoms with van der Waals surface area (Å²) in [6.07, 6.45) is 2.60. The summed E-state index contributed by atoms with van der Waals surface area (Å²) in [7, 11) is 0. The van der Waals surface area contributed by atoms with Crippen LogP contribution < -0.4 is 11.1 Å². The van der Waals surface area contributed by atoms with Gasteiger partial charge in [-0.3, -0.25) is 0 Å². The molecule has 1 aromatic carbocycles. The summed E-state index contributed by atoms with van der Waals surface area (Å²) in [6.45, 7) is 5.62. The fourth-order valence-corrected chi connectivity index (χ4v) is 1.43. The second-order valence-corrected chi connectivity index (χ2v) is 3.83. The Kier molecular flexibility index (Phi) is 3.97. The van der Waals surface area contributed by atoms with Gasteiger partial charge >= 0.3 is 0 Å². The number of benzene rings is 1. The lowest BCUT2D eigenvalue weighted by atomic mass is 10.2. The van der Waals surface area contributed by atoms with Crippen molar-refractivity contribution in [3.05, 3.63) is 35.6 Å². The zero-order chi connectivity index (χ0) is 11.4. The highest BCUT2D eigenvalue weighted by Gasteiger charge is 2.07. The highest BCUT2D eigenvalue weighted by Crippen LogP contribution is 2.26. The summed E-state index contributed by atoms with van der Waals surface area (Å²) < 4.78 is 13.0. The molecule has 4 heteroatoms. The maximum atomic E-state index is 13.0. The van der Waals surface area contributed by atoms with Crippen LogP contribution in [0.25, 0.3) is 0 Å². The molecule has 2 nitrogen and oxygen atoms in total. The molecule has 0 saturated carbocycles. The summed E-state index contributed by atoms with van der Waals surface area (Å²) in [5.41, 5.74) is 6.65. The van der Waals surface area contributed by atoms with Crippen LogP contribution in [-0.4, -0.2) is 6.04 Å². The molecule has 0 fully saturated rings. The van der Waals surface area contributed by atoms with Crippen LogP contribution in [-0.2, 0) is 0 Å². The molecule has 0 amide bonds. The Morgan fingerprint density at radius 3 is 2.93 bits per heavy atom. The average Bonchev–Trinajstić information content (AvgIpc) is 2.14. The highest BCUT2D eigenvalue weighted by molar-refractivity contribution is 6.31. The first-order valence-corrected chi connectivity index (χ1v) is 5.04. The zero-order valence-electron chi connectivity index (χ0n) is 8.56. The van der Waals surface area contributed by atoms with Crippen LogP contribution in [0.4, 0.5) is 15.8 Å². The molecule has 0 saturated heterocycles. The van der Waals surface area contributed by atoms with Gasteiger partial charge in [-0.15, -0.1) is 6.58 Å². The summed E-state index contributed by atoms with van der Waals surface area (Å²) in [6, 6.07) is 2.89. The fraction of sp³-hybridized carbons (Fsp3) is 0.273. The van der Waals surface area contributed by atoms with E-state index >= 15 is 0 Å². The minimum atomic E-state index is -0.504. The molecule has 82 valence electrons. The molecule has 15 heavy (non-hydrogen) atoms. The van der Waals surface area contributed by atoms with E-state index in [1.165, 1.54) is 12.1 Å². The van der Waals surface area contributed by atoms with Crippen molar-refractivity contribution in [3.8, 4) is 0 Å². The topological polar surface area (TPSA) is 38.0 Å². The van der Waals surface area contributed by atoms with Gasteiger partial charge in [0, 0.05) is 12.1 Å². The number of anilines is 2. The van der Waals surface area contributed by atoms with Crippen LogP contribution in [0.5, 0.6) is 0 Å². The quantitative estimate of drug-likeness (QED) is 0.612. The summed E-state index contributed by atoms with van der Waals surface area (Å²) in [5.74, 6) is -0.504. The number of rotatable bonds is 4. The van der Waals surface area contributed by atoms with Crippen LogP contribution in [0.15, 0.2) is 24.8 Å². The van der Waals surface area contributed by atoms with Crippen LogP contribution in [0.1, 0.15) is 13.3 Å². The monoisotopic (exact) mass is 228 g/mol. The molecule has 3 N–H and O–H groups in total. The first kappa shape index (κ1) is 11.9. The Hall–Kier alpha value is -1.22. The van der Waals surface area contributed by atoms with Gasteiger partial charge in [-0.2, -0.15) is 0 Å². The molecule has 0 radical (unpaired) electrons. The van der Waals surface area contributed by atoms with Gasteiger partial charge in [-0.25, -0.2) is 4.39 Å². The van der Waals surface area contributed by atoms with Crippen molar-refractivity contribution in [2.24, 2.45) is 0 Å². The Labute approximate surface area is 93.9 Å². The van der Waals surface area contributed by atoms with Crippen molar-refractivity contribution in [1.29, 1.82) is 0 Å². The molecule has 0 aromatic heterocycles. The number of halogens is 2. The number of hydrogen-bond acceptors (Lipinski definition) is 2. The van der Waals surface area contributed by atoms with Gasteiger partial charge in [0.1, 0.15) is 5.82 Å². The maximum Gasteiger partial charge on any atom is 0.143 e. The summed E-state index contributed by atoms with van der Waals surface area (Å²) >= 11 is 5.66. The Balaban J connectivity index is 2.85. The van der Waals surface area contributed by atoms with Gasteiger partial charge in [-0.05, 0) is 19.4 Å². The number of nitrogen functional groups attached to an aromatic ring is 1. The molecule has 1 aromatic rings. The lowest BCUT2D eigenvalue weighted by molar-refractivity contribution is 0.629. The van der Waals surface area contributed by atoms with Crippen molar-refractivity contribution in [2.75, 3.05) is 11.1 Å². The second-order valence-electron chi connectivity index (χ2n) is 3.42. The van der Waals surface area contributed by atoms with E-state index < -0.39 is 5.82 Å². The SMILES string of the molecule is C=CCC(C)Nc1cc(Cl)c(F)cc1N. The van der Waals surface area contributed by atoms with E-state index in [1.54, 1.807) is 6.08 Å². The highest BCUT2D eigenvalue weighted by atomic mass is 35.5. The van der Waals surface area contributed by atoms with E-state index in [2.05, 4.69) is 11.9 Å². The van der Waals surface area contributed by atoms with Crippen molar-refractivity contribution >= 4 is 23.0 Å². The molecule has 0 spiro atoms. The van der Waals surface area contributed by atoms with E-state index in [0.29, 0.717) is 11.4 Å². The van der Waals surface area contributed by atoms with Gasteiger partial charge in [0.15, 0.2) is 0 Å². The largest absolute Gasteiger partial charge is 0.397 e. The van der Waals surface area contributed by atoms with E-state index in [-0.39, 0.29) is 11.1 Å². The molecular weight excluding hydrogens is 215 g/mol. The number of nitrogens with one attached hydrogen (secondary N) is 1. The van der Waals surface area contributed by atoms with Crippen molar-refractivity contribution in [3.63, 3.8) is 0 Å². The standard InChI is InChI=1S/C11H14ClFN2/c1-3-4-7(2)15-11-5-8(12)9(13)6-10(11)14/h3,5-7,15H,1,4,14H2,2H3. The van der Waals surface area contributed by atoms with Gasteiger partial charge in [0.25, 0.3) is 0 Å². The van der Waals surface area contributed by atoms with Gasteiger partial charge < -0.3 is 11.1 Å². The van der Waals surface area contributed by atoms with Crippen molar-refractivity contribution in [1.82, 2.24) is 0 Å². The van der Waals surface area contributed by atoms with E-state index in [1.807, 2.05) is 6.92 Å². The molecule has 0 aliphatic carbocycles. The smallest absolute Gasteiger partial charge is 0.143 e. The third kappa shape index (κ3) is 3.13. The van der Waals surface area contributed by atoms with Crippen LogP contribution >= 0.6 is 11.6 Å². The minimum absolute atomic E-state index is 0.0671. The van der Waals surface area contributed by atoms with Crippen LogP contribution in [0.3, 0.4) is 0 Å². The van der Waals surface area contributed by atoms with Crippen molar-refractivity contribution in [2.45, 2.75) is 19.4 Å². The van der Waals surface area contributed by atoms with Crippen LogP contribution in [0.2, 0.25) is 5.02 Å². The molecule has 0 aliphatic rings. The Bertz CT molecular complexity index is 366. The molecule has 0 heterocycles. The Morgan fingerprint density at radius 2 is 2.33 bits per heavy atom. The van der Waals surface area contributed by atoms with E-state index in [4.69, 9.17) is 17.3 Å². The van der Waals surface area contributed by atoms with Gasteiger partial charge in [0.05, 0.1) is 16.4 Å². The number of nitrogens with two attached hydrogens (primary N) is 1. The first-order valence-electron chi connectivity index (χ1n) is 4.66. The molecule has 0 bridgehead atoms. The Morgan fingerprint density at radius 1 is 1.67 bits per heavy atom. The first-order chi connectivity index (χ1) is 7.04. The molecular formula is C11H14ClFN2. The summed E-state index contributed by atoms with van der Waals surface area (Å²) in [4.78, 5) is 0. The normalized spacial score (nSPS) is 12.2. The predicted molar refractivity (Wildman–Crippen MR) is 63.7 cm³/mol. The number of hydrogen-bond donors (Lipinski definition) is 2. The predicted octanol–water partition coefficient (Wildman–Crippen LogP) is 3.44. The lowest BCUT2D eigenvalue weighted by Gasteiger charge is -2.15. The molecule has 1 unspecified atom stereocenters. The van der Waals surface area contributed by atoms with Crippen LogP contribution in [0, 0.1) is 5.82 Å². The third-order valence-electron chi connectivity index (χ3n) is 2.01. The average molecular weight is 229 g/mol. The van der Waals surface area contributed by atoms with Gasteiger partial charge in [0.2, 0.25) is 0 Å². The molecule has 0 aliphatic heterocycles.